The summed E-state index contributed by atoms with van der Waals surface area (Å²) >= 11 is 3.82. The summed E-state index contributed by atoms with van der Waals surface area (Å²) < 4.78 is 0.338. The zero-order valence-corrected chi connectivity index (χ0v) is 13.9. The van der Waals surface area contributed by atoms with Gasteiger partial charge in [0.25, 0.3) is 0 Å². The van der Waals surface area contributed by atoms with Crippen molar-refractivity contribution in [3.8, 4) is 0 Å². The van der Waals surface area contributed by atoms with Gasteiger partial charge in [-0.3, -0.25) is 0 Å². The molecule has 104 valence electrons. The molecule has 1 unspecified atom stereocenters. The molecule has 0 radical (unpaired) electrons. The Labute approximate surface area is 120 Å². The summed E-state index contributed by atoms with van der Waals surface area (Å²) in [6, 6.07) is 0.541. The van der Waals surface area contributed by atoms with E-state index in [1.54, 1.807) is 11.3 Å². The Hall–Kier alpha value is -0.0600. The maximum absolute atomic E-state index is 4.57. The lowest BCUT2D eigenvalue weighted by molar-refractivity contribution is 0.547. The lowest BCUT2D eigenvalue weighted by Gasteiger charge is -2.23. The topological polar surface area (TPSA) is 24.9 Å². The maximum atomic E-state index is 4.57. The van der Waals surface area contributed by atoms with Crippen molar-refractivity contribution in [3.05, 3.63) is 16.1 Å². The van der Waals surface area contributed by atoms with Gasteiger partial charge in [0, 0.05) is 34.0 Å². The van der Waals surface area contributed by atoms with Crippen LogP contribution < -0.4 is 5.32 Å². The van der Waals surface area contributed by atoms with Crippen molar-refractivity contribution < 1.29 is 0 Å². The van der Waals surface area contributed by atoms with E-state index in [9.17, 15) is 0 Å². The third kappa shape index (κ3) is 6.76. The average molecular weight is 287 g/mol. The Morgan fingerprint density at radius 1 is 1.44 bits per heavy atom. The van der Waals surface area contributed by atoms with Crippen molar-refractivity contribution in [3.63, 3.8) is 0 Å². The predicted molar refractivity (Wildman–Crippen MR) is 84.8 cm³/mol. The third-order valence-corrected chi connectivity index (χ3v) is 4.91. The standard InChI is InChI=1S/C14H26N2S2/c1-6-7-15-12(10-18-14(3,4)5)8-13-16-11(2)9-17-13/h9,12,15H,6-8,10H2,1-5H3. The highest BCUT2D eigenvalue weighted by molar-refractivity contribution is 8.00. The fraction of sp³-hybridized carbons (Fsp3) is 0.786. The fourth-order valence-corrected chi connectivity index (χ4v) is 3.39. The molecule has 0 saturated heterocycles. The molecular formula is C14H26N2S2. The van der Waals surface area contributed by atoms with Crippen molar-refractivity contribution in [1.29, 1.82) is 0 Å². The van der Waals surface area contributed by atoms with Gasteiger partial charge in [-0.1, -0.05) is 27.7 Å². The molecule has 0 aliphatic rings. The van der Waals surface area contributed by atoms with Crippen LogP contribution in [0.5, 0.6) is 0 Å². The first-order valence-corrected chi connectivity index (χ1v) is 8.55. The van der Waals surface area contributed by atoms with E-state index in [0.29, 0.717) is 10.8 Å². The van der Waals surface area contributed by atoms with Crippen LogP contribution in [-0.2, 0) is 6.42 Å². The van der Waals surface area contributed by atoms with Gasteiger partial charge in [-0.15, -0.1) is 11.3 Å². The van der Waals surface area contributed by atoms with Crippen LogP contribution in [0.2, 0.25) is 0 Å². The molecule has 2 nitrogen and oxygen atoms in total. The van der Waals surface area contributed by atoms with E-state index in [0.717, 1.165) is 24.4 Å². The second-order valence-electron chi connectivity index (χ2n) is 5.66. The molecule has 0 amide bonds. The molecule has 1 N–H and O–H groups in total. The van der Waals surface area contributed by atoms with Crippen LogP contribution in [-0.4, -0.2) is 28.1 Å². The minimum absolute atomic E-state index is 0.338. The van der Waals surface area contributed by atoms with Gasteiger partial charge in [0.15, 0.2) is 0 Å². The quantitative estimate of drug-likeness (QED) is 0.823. The molecule has 1 aromatic heterocycles. The number of hydrogen-bond acceptors (Lipinski definition) is 4. The molecule has 0 aromatic carbocycles. The van der Waals surface area contributed by atoms with Crippen molar-refractivity contribution in [1.82, 2.24) is 10.3 Å². The molecular weight excluding hydrogens is 260 g/mol. The summed E-state index contributed by atoms with van der Waals surface area (Å²) in [6.07, 6.45) is 2.25. The van der Waals surface area contributed by atoms with E-state index in [-0.39, 0.29) is 0 Å². The van der Waals surface area contributed by atoms with Gasteiger partial charge < -0.3 is 5.32 Å². The molecule has 0 saturated carbocycles. The van der Waals surface area contributed by atoms with Crippen LogP contribution in [0.25, 0.3) is 0 Å². The van der Waals surface area contributed by atoms with Crippen molar-refractivity contribution in [2.45, 2.75) is 58.2 Å². The monoisotopic (exact) mass is 286 g/mol. The van der Waals surface area contributed by atoms with Gasteiger partial charge >= 0.3 is 0 Å². The first-order chi connectivity index (χ1) is 8.40. The van der Waals surface area contributed by atoms with Crippen molar-refractivity contribution >= 4 is 23.1 Å². The number of thioether (sulfide) groups is 1. The molecule has 1 atom stereocenters. The maximum Gasteiger partial charge on any atom is 0.0943 e. The van der Waals surface area contributed by atoms with Crippen LogP contribution in [0, 0.1) is 6.92 Å². The fourth-order valence-electron chi connectivity index (χ4n) is 1.60. The minimum Gasteiger partial charge on any atom is -0.313 e. The molecule has 1 heterocycles. The molecule has 0 aliphatic carbocycles. The zero-order valence-electron chi connectivity index (χ0n) is 12.2. The number of thiazole rings is 1. The predicted octanol–water partition coefficient (Wildman–Crippen LogP) is 3.89. The summed E-state index contributed by atoms with van der Waals surface area (Å²) in [4.78, 5) is 4.57. The van der Waals surface area contributed by atoms with Gasteiger partial charge in [0.1, 0.15) is 0 Å². The number of hydrogen-bond donors (Lipinski definition) is 1. The van der Waals surface area contributed by atoms with E-state index in [2.05, 4.69) is 50.3 Å². The average Bonchev–Trinajstić information content (AvgIpc) is 2.67. The van der Waals surface area contributed by atoms with Gasteiger partial charge in [0.2, 0.25) is 0 Å². The van der Waals surface area contributed by atoms with Crippen LogP contribution in [0.3, 0.4) is 0 Å². The third-order valence-electron chi connectivity index (χ3n) is 2.49. The van der Waals surface area contributed by atoms with Crippen LogP contribution in [0.4, 0.5) is 0 Å². The Kier molecular flexibility index (Phi) is 6.67. The Morgan fingerprint density at radius 3 is 2.67 bits per heavy atom. The van der Waals surface area contributed by atoms with E-state index in [1.165, 1.54) is 11.4 Å². The molecule has 18 heavy (non-hydrogen) atoms. The summed E-state index contributed by atoms with van der Waals surface area (Å²) in [5.41, 5.74) is 1.15. The number of aromatic nitrogens is 1. The summed E-state index contributed by atoms with van der Waals surface area (Å²) in [7, 11) is 0. The van der Waals surface area contributed by atoms with E-state index in [1.807, 2.05) is 11.8 Å². The largest absolute Gasteiger partial charge is 0.313 e. The smallest absolute Gasteiger partial charge is 0.0943 e. The normalized spacial score (nSPS) is 13.8. The Balaban J connectivity index is 2.49. The van der Waals surface area contributed by atoms with Crippen LogP contribution in [0.1, 0.15) is 44.8 Å². The van der Waals surface area contributed by atoms with Crippen LogP contribution in [0.15, 0.2) is 5.38 Å². The molecule has 4 heteroatoms. The van der Waals surface area contributed by atoms with Crippen LogP contribution >= 0.6 is 23.1 Å². The molecule has 0 bridgehead atoms. The SMILES string of the molecule is CCCNC(CSC(C)(C)C)Cc1nc(C)cs1. The van der Waals surface area contributed by atoms with E-state index >= 15 is 0 Å². The second-order valence-corrected chi connectivity index (χ2v) is 8.45. The first-order valence-electron chi connectivity index (χ1n) is 6.69. The highest BCUT2D eigenvalue weighted by Gasteiger charge is 2.16. The minimum atomic E-state index is 0.338. The highest BCUT2D eigenvalue weighted by atomic mass is 32.2. The lowest BCUT2D eigenvalue weighted by atomic mass is 10.2. The lowest BCUT2D eigenvalue weighted by Crippen LogP contribution is -2.35. The van der Waals surface area contributed by atoms with Gasteiger partial charge in [-0.05, 0) is 19.9 Å². The molecule has 1 aromatic rings. The number of nitrogens with zero attached hydrogens (tertiary/aromatic N) is 1. The van der Waals surface area contributed by atoms with E-state index in [4.69, 9.17) is 0 Å². The summed E-state index contributed by atoms with van der Waals surface area (Å²) in [5, 5.41) is 7.05. The number of nitrogens with one attached hydrogen (secondary N) is 1. The Bertz CT molecular complexity index is 342. The highest BCUT2D eigenvalue weighted by Crippen LogP contribution is 2.24. The Morgan fingerprint density at radius 2 is 2.17 bits per heavy atom. The van der Waals surface area contributed by atoms with Gasteiger partial charge in [-0.25, -0.2) is 4.98 Å². The second kappa shape index (κ2) is 7.51. The van der Waals surface area contributed by atoms with Crippen molar-refractivity contribution in [2.24, 2.45) is 0 Å². The van der Waals surface area contributed by atoms with Gasteiger partial charge in [-0.2, -0.15) is 11.8 Å². The first kappa shape index (κ1) is 16.0. The zero-order chi connectivity index (χ0) is 13.6. The number of aryl methyl sites for hydroxylation is 1. The summed E-state index contributed by atoms with van der Waals surface area (Å²) in [5.74, 6) is 1.15. The van der Waals surface area contributed by atoms with E-state index < -0.39 is 0 Å². The summed E-state index contributed by atoms with van der Waals surface area (Å²) in [6.45, 7) is 12.2. The van der Waals surface area contributed by atoms with Crippen molar-refractivity contribution in [2.75, 3.05) is 12.3 Å². The molecule has 0 fully saturated rings. The van der Waals surface area contributed by atoms with Gasteiger partial charge in [0.05, 0.1) is 5.01 Å². The molecule has 0 aliphatic heterocycles. The molecule has 1 rings (SSSR count). The molecule has 0 spiro atoms. The number of rotatable bonds is 7.